The van der Waals surface area contributed by atoms with Crippen LogP contribution < -0.4 is 5.19 Å². The first-order valence-electron chi connectivity index (χ1n) is 4.37. The fourth-order valence-corrected chi connectivity index (χ4v) is 2.86. The van der Waals surface area contributed by atoms with Crippen LogP contribution in [0.25, 0.3) is 0 Å². The molecule has 0 aliphatic rings. The van der Waals surface area contributed by atoms with Crippen LogP contribution in [-0.2, 0) is 4.43 Å². The maximum atomic E-state index is 11.0. The van der Waals surface area contributed by atoms with Gasteiger partial charge in [0.05, 0.1) is 5.56 Å². The number of aromatic carboxylic acids is 1. The maximum absolute atomic E-state index is 11.0. The first-order chi connectivity index (χ1) is 6.49. The van der Waals surface area contributed by atoms with Crippen molar-refractivity contribution >= 4 is 19.5 Å². The number of hydrogen-bond donors (Lipinski definition) is 1. The van der Waals surface area contributed by atoms with Crippen LogP contribution in [0.15, 0.2) is 24.3 Å². The lowest BCUT2D eigenvalue weighted by atomic mass is 10.2. The number of benzene rings is 1. The highest BCUT2D eigenvalue weighted by Crippen LogP contribution is 2.08. The van der Waals surface area contributed by atoms with E-state index in [0.717, 1.165) is 5.19 Å². The van der Waals surface area contributed by atoms with E-state index in [2.05, 4.69) is 0 Å². The SMILES string of the molecule is CO[Si](C)(C)c1ccccc1C(=O)O. The summed E-state index contributed by atoms with van der Waals surface area (Å²) in [5, 5.41) is 9.82. The molecule has 0 saturated heterocycles. The molecular weight excluding hydrogens is 196 g/mol. The van der Waals surface area contributed by atoms with E-state index in [9.17, 15) is 4.79 Å². The molecule has 1 aromatic carbocycles. The fourth-order valence-electron chi connectivity index (χ4n) is 1.30. The van der Waals surface area contributed by atoms with Crippen LogP contribution >= 0.6 is 0 Å². The Morgan fingerprint density at radius 2 is 1.93 bits per heavy atom. The standard InChI is InChI=1S/C10H14O3Si/c1-13-14(2,3)9-7-5-4-6-8(9)10(11)12/h4-7H,1-3H3,(H,11,12). The molecule has 0 atom stereocenters. The third kappa shape index (κ3) is 2.02. The number of carboxylic acid groups (broad SMARTS) is 1. The molecule has 0 radical (unpaired) electrons. The van der Waals surface area contributed by atoms with Crippen LogP contribution in [-0.4, -0.2) is 26.5 Å². The zero-order valence-electron chi connectivity index (χ0n) is 8.57. The van der Waals surface area contributed by atoms with Gasteiger partial charge in [0.25, 0.3) is 0 Å². The zero-order chi connectivity index (χ0) is 10.8. The smallest absolute Gasteiger partial charge is 0.335 e. The summed E-state index contributed by atoms with van der Waals surface area (Å²) in [6.07, 6.45) is 0. The largest absolute Gasteiger partial charge is 0.478 e. The first kappa shape index (κ1) is 10.9. The normalized spacial score (nSPS) is 11.4. The van der Waals surface area contributed by atoms with Crippen LogP contribution in [0.5, 0.6) is 0 Å². The van der Waals surface area contributed by atoms with Gasteiger partial charge in [-0.05, 0) is 24.3 Å². The van der Waals surface area contributed by atoms with Gasteiger partial charge in [-0.25, -0.2) is 4.79 Å². The lowest BCUT2D eigenvalue weighted by Crippen LogP contribution is -2.46. The van der Waals surface area contributed by atoms with Gasteiger partial charge in [-0.1, -0.05) is 18.2 Å². The second-order valence-corrected chi connectivity index (χ2v) is 7.53. The minimum atomic E-state index is -2.04. The molecule has 4 heteroatoms. The van der Waals surface area contributed by atoms with Crippen molar-refractivity contribution in [3.05, 3.63) is 29.8 Å². The van der Waals surface area contributed by atoms with E-state index in [-0.39, 0.29) is 0 Å². The molecule has 1 N–H and O–H groups in total. The molecular formula is C10H14O3Si. The fraction of sp³-hybridized carbons (Fsp3) is 0.300. The van der Waals surface area contributed by atoms with E-state index >= 15 is 0 Å². The van der Waals surface area contributed by atoms with Crippen molar-refractivity contribution in [2.45, 2.75) is 13.1 Å². The summed E-state index contributed by atoms with van der Waals surface area (Å²) in [7, 11) is -0.412. The highest BCUT2D eigenvalue weighted by molar-refractivity contribution is 6.85. The quantitative estimate of drug-likeness (QED) is 0.768. The molecule has 0 bridgehead atoms. The Morgan fingerprint density at radius 1 is 1.36 bits per heavy atom. The Bertz CT molecular complexity index is 347. The number of rotatable bonds is 3. The summed E-state index contributed by atoms with van der Waals surface area (Å²) in [4.78, 5) is 11.0. The molecule has 1 aromatic rings. The van der Waals surface area contributed by atoms with E-state index < -0.39 is 14.3 Å². The van der Waals surface area contributed by atoms with E-state index in [1.165, 1.54) is 0 Å². The Morgan fingerprint density at radius 3 is 2.43 bits per heavy atom. The third-order valence-corrected chi connectivity index (χ3v) is 5.07. The summed E-state index contributed by atoms with van der Waals surface area (Å²) in [5.74, 6) is -0.891. The molecule has 14 heavy (non-hydrogen) atoms. The average molecular weight is 210 g/mol. The predicted molar refractivity (Wildman–Crippen MR) is 57.5 cm³/mol. The average Bonchev–Trinajstić information content (AvgIpc) is 2.18. The van der Waals surface area contributed by atoms with Gasteiger partial charge in [-0.15, -0.1) is 0 Å². The molecule has 0 amide bonds. The Labute approximate surface area is 84.5 Å². The van der Waals surface area contributed by atoms with Crippen molar-refractivity contribution in [2.75, 3.05) is 7.11 Å². The second kappa shape index (κ2) is 3.94. The molecule has 0 saturated carbocycles. The van der Waals surface area contributed by atoms with Crippen molar-refractivity contribution in [3.8, 4) is 0 Å². The summed E-state index contributed by atoms with van der Waals surface area (Å²) >= 11 is 0. The Balaban J connectivity index is 3.27. The highest BCUT2D eigenvalue weighted by atomic mass is 28.4. The van der Waals surface area contributed by atoms with Crippen LogP contribution in [0.2, 0.25) is 13.1 Å². The topological polar surface area (TPSA) is 46.5 Å². The van der Waals surface area contributed by atoms with Crippen LogP contribution in [0.3, 0.4) is 0 Å². The van der Waals surface area contributed by atoms with Gasteiger partial charge in [-0.2, -0.15) is 0 Å². The van der Waals surface area contributed by atoms with Gasteiger partial charge in [0.2, 0.25) is 8.32 Å². The molecule has 3 nitrogen and oxygen atoms in total. The molecule has 0 fully saturated rings. The van der Waals surface area contributed by atoms with Crippen molar-refractivity contribution in [3.63, 3.8) is 0 Å². The van der Waals surface area contributed by atoms with Crippen molar-refractivity contribution in [1.29, 1.82) is 0 Å². The summed E-state index contributed by atoms with van der Waals surface area (Å²) in [6, 6.07) is 7.02. The third-order valence-electron chi connectivity index (χ3n) is 2.32. The molecule has 0 heterocycles. The van der Waals surface area contributed by atoms with Crippen molar-refractivity contribution in [1.82, 2.24) is 0 Å². The first-order valence-corrected chi connectivity index (χ1v) is 7.28. The monoisotopic (exact) mass is 210 g/mol. The molecule has 1 rings (SSSR count). The van der Waals surface area contributed by atoms with Crippen LogP contribution in [0, 0.1) is 0 Å². The van der Waals surface area contributed by atoms with Crippen molar-refractivity contribution < 1.29 is 14.3 Å². The van der Waals surface area contributed by atoms with Gasteiger partial charge in [-0.3, -0.25) is 0 Å². The molecule has 76 valence electrons. The van der Waals surface area contributed by atoms with E-state index in [1.54, 1.807) is 19.2 Å². The zero-order valence-corrected chi connectivity index (χ0v) is 9.57. The molecule has 0 spiro atoms. The summed E-state index contributed by atoms with van der Waals surface area (Å²) in [6.45, 7) is 3.96. The molecule has 0 aliphatic carbocycles. The summed E-state index contributed by atoms with van der Waals surface area (Å²) in [5.41, 5.74) is 0.353. The van der Waals surface area contributed by atoms with Gasteiger partial charge in [0.1, 0.15) is 0 Å². The van der Waals surface area contributed by atoms with Gasteiger partial charge in [0, 0.05) is 7.11 Å². The number of carbonyl (C=O) groups is 1. The molecule has 0 aliphatic heterocycles. The number of hydrogen-bond acceptors (Lipinski definition) is 2. The van der Waals surface area contributed by atoms with Gasteiger partial charge in [0.15, 0.2) is 0 Å². The lowest BCUT2D eigenvalue weighted by Gasteiger charge is -2.22. The predicted octanol–water partition coefficient (Wildman–Crippen LogP) is 1.44. The summed E-state index contributed by atoms with van der Waals surface area (Å²) < 4.78 is 5.39. The van der Waals surface area contributed by atoms with E-state index in [0.29, 0.717) is 5.56 Å². The molecule has 0 aromatic heterocycles. The minimum absolute atomic E-state index is 0.353. The highest BCUT2D eigenvalue weighted by Gasteiger charge is 2.28. The van der Waals surface area contributed by atoms with E-state index in [4.69, 9.17) is 9.53 Å². The van der Waals surface area contributed by atoms with Gasteiger partial charge < -0.3 is 9.53 Å². The maximum Gasteiger partial charge on any atom is 0.335 e. The minimum Gasteiger partial charge on any atom is -0.478 e. The Hall–Kier alpha value is -1.13. The van der Waals surface area contributed by atoms with Crippen LogP contribution in [0.1, 0.15) is 10.4 Å². The Kier molecular flexibility index (Phi) is 3.08. The van der Waals surface area contributed by atoms with E-state index in [1.807, 2.05) is 25.2 Å². The van der Waals surface area contributed by atoms with Crippen LogP contribution in [0.4, 0.5) is 0 Å². The molecule has 0 unspecified atom stereocenters. The van der Waals surface area contributed by atoms with Crippen molar-refractivity contribution in [2.24, 2.45) is 0 Å². The lowest BCUT2D eigenvalue weighted by molar-refractivity contribution is 0.0698. The number of carboxylic acids is 1. The van der Waals surface area contributed by atoms with Gasteiger partial charge >= 0.3 is 5.97 Å². The second-order valence-electron chi connectivity index (χ2n) is 3.57.